The summed E-state index contributed by atoms with van der Waals surface area (Å²) in [7, 11) is 1.99. The topological polar surface area (TPSA) is 41.6 Å². The molecule has 2 N–H and O–H groups in total. The van der Waals surface area contributed by atoms with Crippen molar-refractivity contribution in [2.75, 3.05) is 11.9 Å². The fourth-order valence-corrected chi connectivity index (χ4v) is 3.89. The van der Waals surface area contributed by atoms with Gasteiger partial charge >= 0.3 is 0 Å². The van der Waals surface area contributed by atoms with Crippen molar-refractivity contribution in [3.8, 4) is 0 Å². The van der Waals surface area contributed by atoms with Gasteiger partial charge in [-0.2, -0.15) is 0 Å². The molecule has 0 bridgehead atoms. The molecule has 1 aliphatic rings. The molecular formula is C24H27N3. The van der Waals surface area contributed by atoms with Gasteiger partial charge in [-0.3, -0.25) is 0 Å². The Morgan fingerprint density at radius 1 is 0.926 bits per heavy atom. The summed E-state index contributed by atoms with van der Waals surface area (Å²) < 4.78 is 0. The van der Waals surface area contributed by atoms with Gasteiger partial charge in [0.2, 0.25) is 5.96 Å². The molecule has 0 unspecified atom stereocenters. The molecule has 4 rings (SSSR count). The first kappa shape index (κ1) is 17.6. The third-order valence-electron chi connectivity index (χ3n) is 5.54. The molecule has 3 nitrogen and oxygen atoms in total. The molecule has 0 aliphatic heterocycles. The van der Waals surface area contributed by atoms with Crippen molar-refractivity contribution in [3.05, 3.63) is 71.3 Å². The first-order chi connectivity index (χ1) is 12.8. The predicted octanol–water partition coefficient (Wildman–Crippen LogP) is 5.32. The fraction of sp³-hybridized carbons (Fsp3) is 0.292. The summed E-state index contributed by atoms with van der Waals surface area (Å²) in [6.07, 6.45) is 2.26. The van der Waals surface area contributed by atoms with Crippen LogP contribution in [0.25, 0.3) is 10.8 Å². The Morgan fingerprint density at radius 2 is 1.59 bits per heavy atom. The number of hydrogen-bond donors (Lipinski definition) is 1. The lowest BCUT2D eigenvalue weighted by Crippen LogP contribution is -2.33. The predicted molar refractivity (Wildman–Crippen MR) is 116 cm³/mol. The summed E-state index contributed by atoms with van der Waals surface area (Å²) in [6.45, 7) is 6.63. The van der Waals surface area contributed by atoms with Crippen LogP contribution in [-0.4, -0.2) is 13.0 Å². The number of aliphatic imine (C=N–C) groups is 1. The normalized spacial score (nSPS) is 14.0. The molecule has 0 fully saturated rings. The largest absolute Gasteiger partial charge is 0.369 e. The van der Waals surface area contributed by atoms with Crippen LogP contribution in [0.15, 0.2) is 59.6 Å². The lowest BCUT2D eigenvalue weighted by molar-refractivity contribution is 0.590. The van der Waals surface area contributed by atoms with Gasteiger partial charge in [0.1, 0.15) is 0 Å². The summed E-state index contributed by atoms with van der Waals surface area (Å²) >= 11 is 0. The average Bonchev–Trinajstić information content (AvgIpc) is 3.06. The number of benzene rings is 3. The van der Waals surface area contributed by atoms with E-state index < -0.39 is 0 Å². The van der Waals surface area contributed by atoms with E-state index in [4.69, 9.17) is 5.73 Å². The fourth-order valence-electron chi connectivity index (χ4n) is 3.89. The van der Waals surface area contributed by atoms with Crippen molar-refractivity contribution < 1.29 is 0 Å². The van der Waals surface area contributed by atoms with Crippen molar-refractivity contribution in [2.24, 2.45) is 10.7 Å². The van der Waals surface area contributed by atoms with Gasteiger partial charge in [-0.05, 0) is 58.5 Å². The lowest BCUT2D eigenvalue weighted by atomic mass is 9.87. The van der Waals surface area contributed by atoms with Crippen LogP contribution in [0.5, 0.6) is 0 Å². The van der Waals surface area contributed by atoms with Crippen molar-refractivity contribution in [1.29, 1.82) is 0 Å². The van der Waals surface area contributed by atoms with Gasteiger partial charge in [0, 0.05) is 12.4 Å². The second-order valence-corrected chi connectivity index (χ2v) is 8.41. The summed E-state index contributed by atoms with van der Waals surface area (Å²) in [6, 6.07) is 19.3. The zero-order valence-electron chi connectivity index (χ0n) is 16.6. The highest BCUT2D eigenvalue weighted by Gasteiger charge is 2.18. The van der Waals surface area contributed by atoms with Crippen LogP contribution < -0.4 is 10.6 Å². The SMILES string of the molecule is CN(C(N)=Nc1ccc(C(C)(C)C)cc1)c1ccc2c3c(cccc13)CC2. The highest BCUT2D eigenvalue weighted by molar-refractivity contribution is 6.07. The standard InChI is InChI=1S/C24H27N3/c1-24(2,3)18-11-13-19(14-12-18)26-23(25)27(4)21-15-10-17-9-8-16-6-5-7-20(21)22(16)17/h5-7,10-15H,8-9H2,1-4H3,(H2,25,26). The molecule has 27 heavy (non-hydrogen) atoms. The van der Waals surface area contributed by atoms with Crippen LogP contribution in [0.3, 0.4) is 0 Å². The Balaban J connectivity index is 1.68. The van der Waals surface area contributed by atoms with Crippen LogP contribution in [0.4, 0.5) is 11.4 Å². The number of nitrogens with zero attached hydrogens (tertiary/aromatic N) is 2. The van der Waals surface area contributed by atoms with Crippen molar-refractivity contribution >= 4 is 28.1 Å². The Labute approximate surface area is 161 Å². The van der Waals surface area contributed by atoms with Crippen molar-refractivity contribution in [2.45, 2.75) is 39.0 Å². The lowest BCUT2D eigenvalue weighted by Gasteiger charge is -2.21. The molecule has 0 radical (unpaired) electrons. The van der Waals surface area contributed by atoms with E-state index in [1.165, 1.54) is 27.5 Å². The van der Waals surface area contributed by atoms with Crippen molar-refractivity contribution in [3.63, 3.8) is 0 Å². The van der Waals surface area contributed by atoms with E-state index in [2.05, 4.69) is 68.2 Å². The number of anilines is 1. The van der Waals surface area contributed by atoms with Gasteiger partial charge in [-0.15, -0.1) is 0 Å². The molecular weight excluding hydrogens is 330 g/mol. The minimum atomic E-state index is 0.134. The van der Waals surface area contributed by atoms with Crippen LogP contribution in [0, 0.1) is 0 Å². The molecule has 0 heterocycles. The molecule has 3 aromatic carbocycles. The minimum Gasteiger partial charge on any atom is -0.369 e. The molecule has 0 spiro atoms. The third-order valence-corrected chi connectivity index (χ3v) is 5.54. The number of aryl methyl sites for hydroxylation is 2. The smallest absolute Gasteiger partial charge is 0.200 e. The zero-order valence-corrected chi connectivity index (χ0v) is 16.6. The Bertz CT molecular complexity index is 1010. The van der Waals surface area contributed by atoms with Crippen LogP contribution in [0.1, 0.15) is 37.5 Å². The van der Waals surface area contributed by atoms with E-state index in [-0.39, 0.29) is 5.41 Å². The van der Waals surface area contributed by atoms with Gasteiger partial charge in [0.05, 0.1) is 11.4 Å². The highest BCUT2D eigenvalue weighted by Crippen LogP contribution is 2.36. The quantitative estimate of drug-likeness (QED) is 0.498. The molecule has 138 valence electrons. The molecule has 0 aromatic heterocycles. The van der Waals surface area contributed by atoms with E-state index in [0.717, 1.165) is 24.2 Å². The van der Waals surface area contributed by atoms with Crippen LogP contribution >= 0.6 is 0 Å². The summed E-state index contributed by atoms with van der Waals surface area (Å²) in [4.78, 5) is 6.63. The Kier molecular flexibility index (Phi) is 4.18. The number of rotatable bonds is 2. The monoisotopic (exact) mass is 357 g/mol. The summed E-state index contributed by atoms with van der Waals surface area (Å²) in [5.74, 6) is 0.497. The van der Waals surface area contributed by atoms with Gasteiger partial charge in [-0.1, -0.05) is 57.2 Å². The van der Waals surface area contributed by atoms with Crippen LogP contribution in [0.2, 0.25) is 0 Å². The van der Waals surface area contributed by atoms with E-state index >= 15 is 0 Å². The first-order valence-corrected chi connectivity index (χ1v) is 9.56. The molecule has 3 aromatic rings. The summed E-state index contributed by atoms with van der Waals surface area (Å²) in [5, 5.41) is 2.65. The van der Waals surface area contributed by atoms with Crippen molar-refractivity contribution in [1.82, 2.24) is 0 Å². The molecule has 1 aliphatic carbocycles. The highest BCUT2D eigenvalue weighted by atomic mass is 15.2. The Morgan fingerprint density at radius 3 is 2.26 bits per heavy atom. The summed E-state index contributed by atoms with van der Waals surface area (Å²) in [5.41, 5.74) is 12.6. The van der Waals surface area contributed by atoms with Gasteiger partial charge < -0.3 is 10.6 Å². The number of hydrogen-bond acceptors (Lipinski definition) is 1. The second kappa shape index (κ2) is 6.41. The zero-order chi connectivity index (χ0) is 19.2. The molecule has 0 amide bonds. The van der Waals surface area contributed by atoms with E-state index in [0.29, 0.717) is 5.96 Å². The van der Waals surface area contributed by atoms with E-state index in [9.17, 15) is 0 Å². The Hall–Kier alpha value is -2.81. The van der Waals surface area contributed by atoms with Gasteiger partial charge in [-0.25, -0.2) is 4.99 Å². The first-order valence-electron chi connectivity index (χ1n) is 9.56. The van der Waals surface area contributed by atoms with Gasteiger partial charge in [0.25, 0.3) is 0 Å². The maximum absolute atomic E-state index is 6.36. The van der Waals surface area contributed by atoms with E-state index in [1.807, 2.05) is 24.1 Å². The van der Waals surface area contributed by atoms with Crippen LogP contribution in [-0.2, 0) is 18.3 Å². The number of guanidine groups is 1. The average molecular weight is 358 g/mol. The maximum Gasteiger partial charge on any atom is 0.200 e. The molecule has 3 heteroatoms. The van der Waals surface area contributed by atoms with Gasteiger partial charge in [0.15, 0.2) is 0 Å². The van der Waals surface area contributed by atoms with E-state index in [1.54, 1.807) is 0 Å². The molecule has 0 saturated carbocycles. The number of nitrogens with two attached hydrogens (primary N) is 1. The molecule has 0 saturated heterocycles. The molecule has 0 atom stereocenters. The second-order valence-electron chi connectivity index (χ2n) is 8.41. The minimum absolute atomic E-state index is 0.134. The third kappa shape index (κ3) is 3.18. The maximum atomic E-state index is 6.36.